The van der Waals surface area contributed by atoms with E-state index in [2.05, 4.69) is 15.9 Å². The second kappa shape index (κ2) is 4.84. The number of hydrogen-bond acceptors (Lipinski definition) is 2. The molecule has 0 spiro atoms. The number of carbonyl (C=O) groups is 1. The van der Waals surface area contributed by atoms with Gasteiger partial charge in [-0.05, 0) is 37.3 Å². The molecule has 0 amide bonds. The number of hydrogen-bond donors (Lipinski definition) is 0. The first kappa shape index (κ1) is 12.0. The molecule has 0 aliphatic rings. The molecule has 2 aromatic rings. The van der Waals surface area contributed by atoms with Crippen LogP contribution < -0.4 is 0 Å². The van der Waals surface area contributed by atoms with Gasteiger partial charge in [-0.2, -0.15) is 0 Å². The fourth-order valence-electron chi connectivity index (χ4n) is 1.55. The Balaban J connectivity index is 2.33. The summed E-state index contributed by atoms with van der Waals surface area (Å²) in [5.41, 5.74) is 0.392. The number of Topliss-reactive ketones (excluding diaryl/α,β-unsaturated/α-hetero) is 1. The third-order valence-electron chi connectivity index (χ3n) is 2.28. The summed E-state index contributed by atoms with van der Waals surface area (Å²) in [6.45, 7) is 1.49. The van der Waals surface area contributed by atoms with Gasteiger partial charge < -0.3 is 4.42 Å². The highest BCUT2D eigenvalue weighted by Gasteiger charge is 2.10. The molecule has 0 aliphatic carbocycles. The zero-order chi connectivity index (χ0) is 12.4. The van der Waals surface area contributed by atoms with E-state index in [1.165, 1.54) is 13.0 Å². The molecular formula is C13H10BrFO2. The number of rotatable bonds is 3. The fourth-order valence-corrected chi connectivity index (χ4v) is 1.89. The summed E-state index contributed by atoms with van der Waals surface area (Å²) in [5, 5.41) is 0. The maximum atomic E-state index is 13.7. The van der Waals surface area contributed by atoms with Crippen LogP contribution in [0.5, 0.6) is 0 Å². The number of furan rings is 1. The van der Waals surface area contributed by atoms with E-state index in [1.807, 2.05) is 0 Å². The molecule has 1 aromatic carbocycles. The zero-order valence-electron chi connectivity index (χ0n) is 9.17. The zero-order valence-corrected chi connectivity index (χ0v) is 10.8. The summed E-state index contributed by atoms with van der Waals surface area (Å²) in [7, 11) is 0. The van der Waals surface area contributed by atoms with E-state index in [4.69, 9.17) is 4.42 Å². The van der Waals surface area contributed by atoms with E-state index in [0.717, 1.165) is 0 Å². The lowest BCUT2D eigenvalue weighted by atomic mass is 10.1. The second-order valence-electron chi connectivity index (χ2n) is 3.77. The Morgan fingerprint density at radius 3 is 2.76 bits per heavy atom. The summed E-state index contributed by atoms with van der Waals surface area (Å²) in [6.07, 6.45) is 0.234. The predicted octanol–water partition coefficient (Wildman–Crippen LogP) is 3.98. The largest absolute Gasteiger partial charge is 0.461 e. The molecule has 2 nitrogen and oxygen atoms in total. The van der Waals surface area contributed by atoms with E-state index in [-0.39, 0.29) is 18.0 Å². The van der Waals surface area contributed by atoms with Gasteiger partial charge in [-0.3, -0.25) is 4.79 Å². The predicted molar refractivity (Wildman–Crippen MR) is 66.2 cm³/mol. The van der Waals surface area contributed by atoms with Crippen LogP contribution in [0.3, 0.4) is 0 Å². The lowest BCUT2D eigenvalue weighted by molar-refractivity contribution is -0.116. The molecule has 0 saturated carbocycles. The van der Waals surface area contributed by atoms with Crippen molar-refractivity contribution in [3.05, 3.63) is 46.4 Å². The van der Waals surface area contributed by atoms with Crippen LogP contribution in [0.15, 0.2) is 39.2 Å². The molecule has 0 aliphatic heterocycles. The summed E-state index contributed by atoms with van der Waals surface area (Å²) in [6, 6.07) is 8.12. The van der Waals surface area contributed by atoms with Crippen LogP contribution in [0, 0.1) is 5.82 Å². The standard InChI is InChI=1S/C13H10BrFO2/c1-8(16)6-10-3-5-13(17-10)11-4-2-9(14)7-12(11)15/h2-5,7H,6H2,1H3. The molecule has 0 atom stereocenters. The Bertz CT molecular complexity index is 560. The second-order valence-corrected chi connectivity index (χ2v) is 4.68. The highest BCUT2D eigenvalue weighted by Crippen LogP contribution is 2.27. The van der Waals surface area contributed by atoms with Crippen molar-refractivity contribution in [2.45, 2.75) is 13.3 Å². The molecule has 2 rings (SSSR count). The van der Waals surface area contributed by atoms with Crippen LogP contribution in [0.2, 0.25) is 0 Å². The number of benzene rings is 1. The minimum Gasteiger partial charge on any atom is -0.461 e. The Kier molecular flexibility index (Phi) is 3.43. The number of carbonyl (C=O) groups excluding carboxylic acids is 1. The third kappa shape index (κ3) is 2.82. The van der Waals surface area contributed by atoms with Gasteiger partial charge in [0.1, 0.15) is 23.1 Å². The maximum absolute atomic E-state index is 13.7. The van der Waals surface area contributed by atoms with Crippen molar-refractivity contribution < 1.29 is 13.6 Å². The van der Waals surface area contributed by atoms with Gasteiger partial charge in [0.05, 0.1) is 12.0 Å². The smallest absolute Gasteiger partial charge is 0.137 e. The van der Waals surface area contributed by atoms with Crippen molar-refractivity contribution in [3.63, 3.8) is 0 Å². The maximum Gasteiger partial charge on any atom is 0.137 e. The highest BCUT2D eigenvalue weighted by atomic mass is 79.9. The van der Waals surface area contributed by atoms with Gasteiger partial charge >= 0.3 is 0 Å². The molecule has 17 heavy (non-hydrogen) atoms. The topological polar surface area (TPSA) is 30.2 Å². The summed E-state index contributed by atoms with van der Waals surface area (Å²) < 4.78 is 19.8. The van der Waals surface area contributed by atoms with Gasteiger partial charge in [0.25, 0.3) is 0 Å². The SMILES string of the molecule is CC(=O)Cc1ccc(-c2ccc(Br)cc2F)o1. The molecule has 0 unspecified atom stereocenters. The molecule has 0 saturated heterocycles. The number of ketones is 1. The molecule has 1 heterocycles. The molecular weight excluding hydrogens is 287 g/mol. The third-order valence-corrected chi connectivity index (χ3v) is 2.77. The number of halogens is 2. The minimum atomic E-state index is -0.358. The highest BCUT2D eigenvalue weighted by molar-refractivity contribution is 9.10. The van der Waals surface area contributed by atoms with Gasteiger partial charge in [-0.15, -0.1) is 0 Å². The van der Waals surface area contributed by atoms with E-state index in [1.54, 1.807) is 24.3 Å². The summed E-state index contributed by atoms with van der Waals surface area (Å²) >= 11 is 3.19. The Hall–Kier alpha value is -1.42. The lowest BCUT2D eigenvalue weighted by Gasteiger charge is -2.00. The van der Waals surface area contributed by atoms with Crippen LogP contribution in [-0.4, -0.2) is 5.78 Å². The molecule has 4 heteroatoms. The minimum absolute atomic E-state index is 0.0159. The summed E-state index contributed by atoms with van der Waals surface area (Å²) in [5.74, 6) is 0.645. The molecule has 0 radical (unpaired) electrons. The van der Waals surface area contributed by atoms with Gasteiger partial charge in [0.2, 0.25) is 0 Å². The van der Waals surface area contributed by atoms with Gasteiger partial charge in [0, 0.05) is 4.47 Å². The van der Waals surface area contributed by atoms with Gasteiger partial charge in [-0.1, -0.05) is 15.9 Å². The molecule has 88 valence electrons. The molecule has 0 N–H and O–H groups in total. The van der Waals surface area contributed by atoms with Crippen LogP contribution >= 0.6 is 15.9 Å². The first-order chi connectivity index (χ1) is 8.06. The Labute approximate surface area is 107 Å². The first-order valence-corrected chi connectivity index (χ1v) is 5.89. The van der Waals surface area contributed by atoms with Crippen molar-refractivity contribution >= 4 is 21.7 Å². The van der Waals surface area contributed by atoms with Crippen LogP contribution in [-0.2, 0) is 11.2 Å². The van der Waals surface area contributed by atoms with E-state index >= 15 is 0 Å². The van der Waals surface area contributed by atoms with Crippen molar-refractivity contribution in [1.29, 1.82) is 0 Å². The molecule has 0 fully saturated rings. The Morgan fingerprint density at radius 1 is 1.35 bits per heavy atom. The lowest BCUT2D eigenvalue weighted by Crippen LogP contribution is -1.93. The van der Waals surface area contributed by atoms with Gasteiger partial charge in [-0.25, -0.2) is 4.39 Å². The first-order valence-electron chi connectivity index (χ1n) is 5.10. The van der Waals surface area contributed by atoms with Crippen molar-refractivity contribution in [2.24, 2.45) is 0 Å². The average Bonchev–Trinajstić information content (AvgIpc) is 2.65. The molecule has 1 aromatic heterocycles. The summed E-state index contributed by atoms with van der Waals surface area (Å²) in [4.78, 5) is 10.9. The van der Waals surface area contributed by atoms with Crippen LogP contribution in [0.25, 0.3) is 11.3 Å². The van der Waals surface area contributed by atoms with Crippen molar-refractivity contribution in [1.82, 2.24) is 0 Å². The Morgan fingerprint density at radius 2 is 2.12 bits per heavy atom. The monoisotopic (exact) mass is 296 g/mol. The van der Waals surface area contributed by atoms with Crippen molar-refractivity contribution in [3.8, 4) is 11.3 Å². The fraction of sp³-hybridized carbons (Fsp3) is 0.154. The van der Waals surface area contributed by atoms with E-state index < -0.39 is 0 Å². The quantitative estimate of drug-likeness (QED) is 0.857. The van der Waals surface area contributed by atoms with Crippen molar-refractivity contribution in [2.75, 3.05) is 0 Å². The average molecular weight is 297 g/mol. The van der Waals surface area contributed by atoms with E-state index in [0.29, 0.717) is 21.6 Å². The van der Waals surface area contributed by atoms with E-state index in [9.17, 15) is 9.18 Å². The normalized spacial score (nSPS) is 10.5. The molecule has 0 bridgehead atoms. The van der Waals surface area contributed by atoms with Crippen LogP contribution in [0.1, 0.15) is 12.7 Å². The van der Waals surface area contributed by atoms with Gasteiger partial charge in [0.15, 0.2) is 0 Å². The van der Waals surface area contributed by atoms with Crippen LogP contribution in [0.4, 0.5) is 4.39 Å².